The van der Waals surface area contributed by atoms with E-state index in [4.69, 9.17) is 21.4 Å². The van der Waals surface area contributed by atoms with Crippen molar-refractivity contribution in [2.24, 2.45) is 0 Å². The van der Waals surface area contributed by atoms with E-state index in [0.29, 0.717) is 12.4 Å². The number of alkyl halides is 1. The van der Waals surface area contributed by atoms with Crippen molar-refractivity contribution in [2.75, 3.05) is 46.8 Å². The first kappa shape index (κ1) is 16.6. The minimum absolute atomic E-state index is 0.329. The van der Waals surface area contributed by atoms with E-state index in [2.05, 4.69) is 0 Å². The van der Waals surface area contributed by atoms with Gasteiger partial charge in [-0.3, -0.25) is 0 Å². The van der Waals surface area contributed by atoms with Gasteiger partial charge in [0.2, 0.25) is 0 Å². The lowest BCUT2D eigenvalue weighted by molar-refractivity contribution is -0.873. The summed E-state index contributed by atoms with van der Waals surface area (Å²) >= 11 is 5.40. The second-order valence-electron chi connectivity index (χ2n) is 4.06. The van der Waals surface area contributed by atoms with Crippen LogP contribution in [0.3, 0.4) is 0 Å². The van der Waals surface area contributed by atoms with Gasteiger partial charge in [0.15, 0.2) is 0 Å². The molecule has 0 amide bonds. The standard InChI is InChI=1S/C6H15ClNO.C4H10O/c1-8(2,3)5-6(9)4-7;1-3-5-4-2/h6,9H,4-5H2,1-3H3;3-4H2,1-2H3/q+1;. The van der Waals surface area contributed by atoms with Gasteiger partial charge in [-0.1, -0.05) is 0 Å². The highest BCUT2D eigenvalue weighted by Crippen LogP contribution is 1.95. The number of aliphatic hydroxyl groups excluding tert-OH is 1. The van der Waals surface area contributed by atoms with Crippen LogP contribution in [0.2, 0.25) is 0 Å². The lowest BCUT2D eigenvalue weighted by Crippen LogP contribution is -2.41. The van der Waals surface area contributed by atoms with Gasteiger partial charge in [-0.15, -0.1) is 11.6 Å². The fraction of sp³-hybridized carbons (Fsp3) is 1.00. The minimum atomic E-state index is -0.369. The average molecular weight is 227 g/mol. The number of hydrogen-bond donors (Lipinski definition) is 1. The Morgan fingerprint density at radius 2 is 1.64 bits per heavy atom. The van der Waals surface area contributed by atoms with Gasteiger partial charge in [0, 0.05) is 13.2 Å². The van der Waals surface area contributed by atoms with Crippen molar-refractivity contribution in [1.29, 1.82) is 0 Å². The maximum absolute atomic E-state index is 9.05. The highest BCUT2D eigenvalue weighted by molar-refractivity contribution is 6.18. The molecule has 0 heterocycles. The van der Waals surface area contributed by atoms with Crippen molar-refractivity contribution in [2.45, 2.75) is 20.0 Å². The Bertz CT molecular complexity index is 113. The maximum atomic E-state index is 9.05. The van der Waals surface area contributed by atoms with E-state index in [1.165, 1.54) is 0 Å². The number of hydrogen-bond acceptors (Lipinski definition) is 2. The monoisotopic (exact) mass is 226 g/mol. The summed E-state index contributed by atoms with van der Waals surface area (Å²) in [6, 6.07) is 0. The molecule has 88 valence electrons. The molecular weight excluding hydrogens is 202 g/mol. The molecule has 0 bridgehead atoms. The molecule has 0 radical (unpaired) electrons. The van der Waals surface area contributed by atoms with Gasteiger partial charge >= 0.3 is 0 Å². The van der Waals surface area contributed by atoms with E-state index in [-0.39, 0.29) is 6.10 Å². The highest BCUT2D eigenvalue weighted by Gasteiger charge is 2.13. The molecule has 0 aliphatic rings. The lowest BCUT2D eigenvalue weighted by Gasteiger charge is -2.25. The smallest absolute Gasteiger partial charge is 0.116 e. The van der Waals surface area contributed by atoms with Crippen LogP contribution < -0.4 is 0 Å². The summed E-state index contributed by atoms with van der Waals surface area (Å²) < 4.78 is 5.59. The fourth-order valence-electron chi connectivity index (χ4n) is 0.885. The predicted molar refractivity (Wildman–Crippen MR) is 61.8 cm³/mol. The fourth-order valence-corrected chi connectivity index (χ4v) is 0.983. The van der Waals surface area contributed by atoms with Crippen LogP contribution in [0.15, 0.2) is 0 Å². The lowest BCUT2D eigenvalue weighted by atomic mass is 10.3. The third kappa shape index (κ3) is 18.1. The number of quaternary nitrogens is 1. The third-order valence-corrected chi connectivity index (χ3v) is 1.70. The molecule has 0 rings (SSSR count). The van der Waals surface area contributed by atoms with Crippen molar-refractivity contribution >= 4 is 11.6 Å². The second-order valence-corrected chi connectivity index (χ2v) is 4.37. The summed E-state index contributed by atoms with van der Waals surface area (Å²) in [5.74, 6) is 0.329. The van der Waals surface area contributed by atoms with Gasteiger partial charge in [0.05, 0.1) is 27.0 Å². The van der Waals surface area contributed by atoms with E-state index in [0.717, 1.165) is 17.7 Å². The quantitative estimate of drug-likeness (QED) is 0.566. The number of halogens is 1. The molecule has 1 atom stereocenters. The van der Waals surface area contributed by atoms with Gasteiger partial charge < -0.3 is 14.3 Å². The van der Waals surface area contributed by atoms with Gasteiger partial charge in [0.25, 0.3) is 0 Å². The van der Waals surface area contributed by atoms with Crippen LogP contribution in [0.5, 0.6) is 0 Å². The van der Waals surface area contributed by atoms with Crippen LogP contribution in [0.4, 0.5) is 0 Å². The Kier molecular flexibility index (Phi) is 11.5. The van der Waals surface area contributed by atoms with E-state index < -0.39 is 0 Å². The van der Waals surface area contributed by atoms with Crippen molar-refractivity contribution in [1.82, 2.24) is 0 Å². The normalized spacial score (nSPS) is 13.1. The molecule has 3 nitrogen and oxygen atoms in total. The largest absolute Gasteiger partial charge is 0.386 e. The average Bonchev–Trinajstić information content (AvgIpc) is 2.04. The molecule has 0 aromatic heterocycles. The van der Waals surface area contributed by atoms with E-state index in [1.54, 1.807) is 0 Å². The van der Waals surface area contributed by atoms with Gasteiger partial charge in [-0.05, 0) is 13.8 Å². The van der Waals surface area contributed by atoms with Crippen molar-refractivity contribution < 1.29 is 14.3 Å². The van der Waals surface area contributed by atoms with Crippen LogP contribution in [-0.4, -0.2) is 62.5 Å². The van der Waals surface area contributed by atoms with Gasteiger partial charge in [-0.2, -0.15) is 0 Å². The molecule has 0 aromatic rings. The number of rotatable bonds is 5. The Balaban J connectivity index is 0. The molecule has 1 N–H and O–H groups in total. The van der Waals surface area contributed by atoms with E-state index >= 15 is 0 Å². The summed E-state index contributed by atoms with van der Waals surface area (Å²) in [6.07, 6.45) is -0.369. The first-order valence-electron chi connectivity index (χ1n) is 4.99. The molecule has 4 heteroatoms. The van der Waals surface area contributed by atoms with Crippen LogP contribution in [-0.2, 0) is 4.74 Å². The maximum Gasteiger partial charge on any atom is 0.116 e. The summed E-state index contributed by atoms with van der Waals surface area (Å²) in [6.45, 7) is 6.38. The molecule has 0 spiro atoms. The van der Waals surface area contributed by atoms with E-state index in [1.807, 2.05) is 35.0 Å². The van der Waals surface area contributed by atoms with Crippen molar-refractivity contribution in [3.05, 3.63) is 0 Å². The first-order valence-corrected chi connectivity index (χ1v) is 5.53. The summed E-state index contributed by atoms with van der Waals surface area (Å²) in [5.41, 5.74) is 0. The summed E-state index contributed by atoms with van der Waals surface area (Å²) in [5, 5.41) is 9.05. The van der Waals surface area contributed by atoms with Crippen LogP contribution in [0, 0.1) is 0 Å². The molecule has 0 fully saturated rings. The highest BCUT2D eigenvalue weighted by atomic mass is 35.5. The summed E-state index contributed by atoms with van der Waals surface area (Å²) in [4.78, 5) is 0. The molecule has 14 heavy (non-hydrogen) atoms. The molecule has 0 aliphatic carbocycles. The zero-order chi connectivity index (χ0) is 11.6. The van der Waals surface area contributed by atoms with Crippen molar-refractivity contribution in [3.8, 4) is 0 Å². The molecule has 0 aromatic carbocycles. The van der Waals surface area contributed by atoms with Gasteiger partial charge in [0.1, 0.15) is 12.6 Å². The molecular formula is C10H25ClNO2+. The van der Waals surface area contributed by atoms with Crippen LogP contribution >= 0.6 is 11.6 Å². The number of nitrogens with zero attached hydrogens (tertiary/aromatic N) is 1. The van der Waals surface area contributed by atoms with E-state index in [9.17, 15) is 0 Å². The minimum Gasteiger partial charge on any atom is -0.386 e. The number of ether oxygens (including phenoxy) is 1. The van der Waals surface area contributed by atoms with Crippen molar-refractivity contribution in [3.63, 3.8) is 0 Å². The van der Waals surface area contributed by atoms with Crippen LogP contribution in [0.1, 0.15) is 13.8 Å². The zero-order valence-electron chi connectivity index (χ0n) is 10.1. The van der Waals surface area contributed by atoms with Gasteiger partial charge in [-0.25, -0.2) is 0 Å². The Morgan fingerprint density at radius 3 is 1.71 bits per heavy atom. The number of aliphatic hydroxyl groups is 1. The second kappa shape index (κ2) is 9.71. The molecule has 1 unspecified atom stereocenters. The Labute approximate surface area is 93.2 Å². The summed E-state index contributed by atoms with van der Waals surface area (Å²) in [7, 11) is 6.07. The topological polar surface area (TPSA) is 29.5 Å². The SMILES string of the molecule is CCOCC.C[N+](C)(C)CC(O)CCl. The van der Waals surface area contributed by atoms with Crippen LogP contribution in [0.25, 0.3) is 0 Å². The Hall–Kier alpha value is 0.170. The Morgan fingerprint density at radius 1 is 1.21 bits per heavy atom. The predicted octanol–water partition coefficient (Wildman–Crippen LogP) is 1.34. The number of likely N-dealkylation sites (N-methyl/N-ethyl adjacent to an activating group) is 1. The molecule has 0 saturated carbocycles. The zero-order valence-corrected chi connectivity index (χ0v) is 10.8. The molecule has 0 aliphatic heterocycles. The first-order chi connectivity index (χ1) is 6.37. The molecule has 0 saturated heterocycles. The third-order valence-electron chi connectivity index (χ3n) is 1.34.